The fourth-order valence-electron chi connectivity index (χ4n) is 1.48. The van der Waals surface area contributed by atoms with E-state index in [4.69, 9.17) is 17.3 Å². The summed E-state index contributed by atoms with van der Waals surface area (Å²) < 4.78 is 1.12. The maximum absolute atomic E-state index is 9.19. The van der Waals surface area contributed by atoms with Gasteiger partial charge < -0.3 is 10.8 Å². The second-order valence-corrected chi connectivity index (χ2v) is 4.49. The number of halogens is 1. The van der Waals surface area contributed by atoms with E-state index in [-0.39, 0.29) is 6.61 Å². The first kappa shape index (κ1) is 9.77. The maximum Gasteiger partial charge on any atom is 0.0708 e. The number of nitrogen functional groups attached to an aromatic ring is 1. The van der Waals surface area contributed by atoms with Crippen LogP contribution in [0.5, 0.6) is 0 Å². The molecule has 14 heavy (non-hydrogen) atoms. The number of hydrogen-bond acceptors (Lipinski definition) is 3. The van der Waals surface area contributed by atoms with Crippen LogP contribution in [0.3, 0.4) is 0 Å². The molecule has 0 saturated carbocycles. The second-order valence-electron chi connectivity index (χ2n) is 3.05. The van der Waals surface area contributed by atoms with Crippen LogP contribution in [0.1, 0.15) is 10.4 Å². The predicted molar refractivity (Wildman–Crippen MR) is 61.7 cm³/mol. The van der Waals surface area contributed by atoms with E-state index in [0.29, 0.717) is 11.6 Å². The third-order valence-electron chi connectivity index (χ3n) is 2.19. The molecule has 2 rings (SSSR count). The van der Waals surface area contributed by atoms with Crippen molar-refractivity contribution >= 4 is 38.7 Å². The number of hydrogen-bond donors (Lipinski definition) is 2. The normalized spacial score (nSPS) is 11.0. The zero-order valence-electron chi connectivity index (χ0n) is 7.46. The highest BCUT2D eigenvalue weighted by Gasteiger charge is 2.07. The van der Waals surface area contributed by atoms with Gasteiger partial charge in [0.15, 0.2) is 0 Å². The molecule has 0 bridgehead atoms. The Morgan fingerprint density at radius 3 is 2.86 bits per heavy atom. The summed E-state index contributed by atoms with van der Waals surface area (Å²) in [7, 11) is 0. The van der Waals surface area contributed by atoms with Crippen molar-refractivity contribution in [1.29, 1.82) is 0 Å². The Morgan fingerprint density at radius 1 is 1.43 bits per heavy atom. The van der Waals surface area contributed by atoms with Crippen molar-refractivity contribution in [1.82, 2.24) is 0 Å². The predicted octanol–water partition coefficient (Wildman–Crippen LogP) is 2.71. The monoisotopic (exact) mass is 227 g/mol. The molecule has 2 aromatic rings. The number of aliphatic hydroxyl groups is 1. The van der Waals surface area contributed by atoms with Crippen LogP contribution in [-0.4, -0.2) is 5.11 Å². The van der Waals surface area contributed by atoms with Crippen molar-refractivity contribution in [2.75, 3.05) is 5.73 Å². The van der Waals surface area contributed by atoms with Crippen molar-refractivity contribution in [3.8, 4) is 0 Å². The molecule has 0 amide bonds. The van der Waals surface area contributed by atoms with Gasteiger partial charge in [0.1, 0.15) is 0 Å². The molecule has 0 aliphatic carbocycles. The summed E-state index contributed by atoms with van der Waals surface area (Å²) in [6.45, 7) is -0.0262. The molecule has 0 fully saturated rings. The van der Waals surface area contributed by atoms with Crippen LogP contribution < -0.4 is 5.73 Å². The molecule has 0 atom stereocenters. The van der Waals surface area contributed by atoms with Crippen LogP contribution in [0, 0.1) is 0 Å². The zero-order valence-corrected chi connectivity index (χ0v) is 9.03. The molecular formula is C10H10ClNOS. The summed E-state index contributed by atoms with van der Waals surface area (Å²) in [6.07, 6.45) is 0. The Kier molecular flexibility index (Phi) is 2.63. The highest BCUT2D eigenvalue weighted by molar-refractivity contribution is 7.19. The SMILES string of the molecule is Nc1ccc2sc(CCl)cc2c1CO. The average Bonchev–Trinajstić information content (AvgIpc) is 2.60. The van der Waals surface area contributed by atoms with E-state index in [1.54, 1.807) is 11.3 Å². The van der Waals surface area contributed by atoms with Gasteiger partial charge in [-0.25, -0.2) is 0 Å². The van der Waals surface area contributed by atoms with Crippen molar-refractivity contribution in [2.24, 2.45) is 0 Å². The van der Waals surface area contributed by atoms with Gasteiger partial charge in [0, 0.05) is 26.2 Å². The summed E-state index contributed by atoms with van der Waals surface area (Å²) in [5, 5.41) is 10.2. The number of thiophene rings is 1. The summed E-state index contributed by atoms with van der Waals surface area (Å²) in [4.78, 5) is 1.10. The Bertz CT molecular complexity index is 466. The number of fused-ring (bicyclic) bond motifs is 1. The van der Waals surface area contributed by atoms with Gasteiger partial charge in [0.2, 0.25) is 0 Å². The summed E-state index contributed by atoms with van der Waals surface area (Å²) >= 11 is 7.39. The maximum atomic E-state index is 9.19. The van der Waals surface area contributed by atoms with Gasteiger partial charge in [-0.05, 0) is 18.2 Å². The third kappa shape index (κ3) is 1.47. The Hall–Kier alpha value is -0.770. The van der Waals surface area contributed by atoms with Gasteiger partial charge >= 0.3 is 0 Å². The van der Waals surface area contributed by atoms with Crippen molar-refractivity contribution in [3.63, 3.8) is 0 Å². The van der Waals surface area contributed by atoms with Crippen molar-refractivity contribution in [2.45, 2.75) is 12.5 Å². The van der Waals surface area contributed by atoms with E-state index >= 15 is 0 Å². The van der Waals surface area contributed by atoms with Crippen LogP contribution in [-0.2, 0) is 12.5 Å². The topological polar surface area (TPSA) is 46.2 Å². The smallest absolute Gasteiger partial charge is 0.0708 e. The molecule has 0 aliphatic rings. The Morgan fingerprint density at radius 2 is 2.21 bits per heavy atom. The van der Waals surface area contributed by atoms with E-state index in [9.17, 15) is 5.11 Å². The molecule has 1 aromatic carbocycles. The zero-order chi connectivity index (χ0) is 10.1. The van der Waals surface area contributed by atoms with Gasteiger partial charge in [-0.2, -0.15) is 0 Å². The Labute approximate surface area is 90.9 Å². The highest BCUT2D eigenvalue weighted by atomic mass is 35.5. The molecule has 0 aliphatic heterocycles. The molecule has 1 heterocycles. The van der Waals surface area contributed by atoms with E-state index < -0.39 is 0 Å². The number of rotatable bonds is 2. The van der Waals surface area contributed by atoms with Gasteiger partial charge in [-0.3, -0.25) is 0 Å². The number of benzene rings is 1. The van der Waals surface area contributed by atoms with Crippen LogP contribution >= 0.6 is 22.9 Å². The number of anilines is 1. The average molecular weight is 228 g/mol. The number of nitrogens with two attached hydrogens (primary N) is 1. The first-order chi connectivity index (χ1) is 6.76. The van der Waals surface area contributed by atoms with Crippen molar-refractivity contribution in [3.05, 3.63) is 28.6 Å². The Balaban J connectivity index is 2.73. The number of alkyl halides is 1. The van der Waals surface area contributed by atoms with Crippen LogP contribution in [0.4, 0.5) is 5.69 Å². The van der Waals surface area contributed by atoms with Crippen LogP contribution in [0.2, 0.25) is 0 Å². The van der Waals surface area contributed by atoms with E-state index in [2.05, 4.69) is 0 Å². The van der Waals surface area contributed by atoms with Gasteiger partial charge in [0.25, 0.3) is 0 Å². The van der Waals surface area contributed by atoms with Gasteiger partial charge in [-0.15, -0.1) is 22.9 Å². The summed E-state index contributed by atoms with van der Waals surface area (Å²) in [5.41, 5.74) is 7.20. The fourth-order valence-corrected chi connectivity index (χ4v) is 2.66. The lowest BCUT2D eigenvalue weighted by atomic mass is 10.1. The molecule has 3 N–H and O–H groups in total. The minimum absolute atomic E-state index is 0.0262. The molecule has 0 unspecified atom stereocenters. The first-order valence-electron chi connectivity index (χ1n) is 4.23. The molecule has 2 nitrogen and oxygen atoms in total. The first-order valence-corrected chi connectivity index (χ1v) is 5.58. The molecule has 4 heteroatoms. The van der Waals surface area contributed by atoms with Gasteiger partial charge in [0.05, 0.1) is 12.5 Å². The molecular weight excluding hydrogens is 218 g/mol. The fraction of sp³-hybridized carbons (Fsp3) is 0.200. The molecule has 0 spiro atoms. The molecule has 0 saturated heterocycles. The van der Waals surface area contributed by atoms with Crippen LogP contribution in [0.15, 0.2) is 18.2 Å². The lowest BCUT2D eigenvalue weighted by molar-refractivity contribution is 0.284. The molecule has 74 valence electrons. The van der Waals surface area contributed by atoms with E-state index in [1.165, 1.54) is 0 Å². The minimum Gasteiger partial charge on any atom is -0.398 e. The lowest BCUT2D eigenvalue weighted by Crippen LogP contribution is -1.93. The van der Waals surface area contributed by atoms with Gasteiger partial charge in [-0.1, -0.05) is 0 Å². The summed E-state index contributed by atoms with van der Waals surface area (Å²) in [5.74, 6) is 0.504. The van der Waals surface area contributed by atoms with E-state index in [1.807, 2.05) is 18.2 Å². The van der Waals surface area contributed by atoms with Crippen LogP contribution in [0.25, 0.3) is 10.1 Å². The molecule has 0 radical (unpaired) electrons. The third-order valence-corrected chi connectivity index (χ3v) is 3.74. The largest absolute Gasteiger partial charge is 0.398 e. The van der Waals surface area contributed by atoms with E-state index in [0.717, 1.165) is 20.5 Å². The lowest BCUT2D eigenvalue weighted by Gasteiger charge is -2.02. The quantitative estimate of drug-likeness (QED) is 0.612. The standard InChI is InChI=1S/C10H10ClNOS/c11-4-6-3-7-8(5-13)9(12)1-2-10(7)14-6/h1-3,13H,4-5,12H2. The van der Waals surface area contributed by atoms with Crippen molar-refractivity contribution < 1.29 is 5.11 Å². The summed E-state index contributed by atoms with van der Waals surface area (Å²) in [6, 6.07) is 5.78. The second kappa shape index (κ2) is 3.77. The molecule has 1 aromatic heterocycles. The minimum atomic E-state index is -0.0262. The number of aliphatic hydroxyl groups excluding tert-OH is 1. The highest BCUT2D eigenvalue weighted by Crippen LogP contribution is 2.32.